The Hall–Kier alpha value is -1.99. The van der Waals surface area contributed by atoms with Crippen molar-refractivity contribution in [2.45, 2.75) is 32.7 Å². The molecule has 2 aromatic rings. The summed E-state index contributed by atoms with van der Waals surface area (Å²) >= 11 is 0. The number of carbonyl (C=O) groups is 1. The Labute approximate surface area is 148 Å². The molecule has 1 aromatic carbocycles. The molecular formula is C16H25ClN6O. The number of benzene rings is 1. The molecule has 1 unspecified atom stereocenters. The van der Waals surface area contributed by atoms with Gasteiger partial charge in [0.05, 0.1) is 0 Å². The summed E-state index contributed by atoms with van der Waals surface area (Å²) in [5.74, 6) is 0.563. The summed E-state index contributed by atoms with van der Waals surface area (Å²) in [4.78, 5) is 12.6. The van der Waals surface area contributed by atoms with Crippen LogP contribution in [-0.2, 0) is 11.2 Å². The largest absolute Gasteiger partial charge is 0.353 e. The molecule has 0 saturated carbocycles. The summed E-state index contributed by atoms with van der Waals surface area (Å²) in [5, 5.41) is 17.7. The number of aromatic nitrogens is 4. The lowest BCUT2D eigenvalue weighted by atomic mass is 10.1. The summed E-state index contributed by atoms with van der Waals surface area (Å²) in [5.41, 5.74) is 1.08. The number of hydrogen-bond donors (Lipinski definition) is 2. The zero-order valence-corrected chi connectivity index (χ0v) is 14.9. The van der Waals surface area contributed by atoms with E-state index in [4.69, 9.17) is 0 Å². The smallest absolute Gasteiger partial charge is 0.245 e. The summed E-state index contributed by atoms with van der Waals surface area (Å²) in [6.45, 7) is 6.21. The van der Waals surface area contributed by atoms with Gasteiger partial charge < -0.3 is 10.6 Å². The molecule has 0 bridgehead atoms. The van der Waals surface area contributed by atoms with E-state index in [1.165, 1.54) is 0 Å². The second-order valence-corrected chi connectivity index (χ2v) is 5.42. The highest BCUT2D eigenvalue weighted by Crippen LogP contribution is 2.14. The van der Waals surface area contributed by atoms with E-state index in [9.17, 15) is 4.79 Å². The van der Waals surface area contributed by atoms with Crippen molar-refractivity contribution in [1.29, 1.82) is 0 Å². The predicted octanol–water partition coefficient (Wildman–Crippen LogP) is 1.30. The fourth-order valence-corrected chi connectivity index (χ4v) is 2.35. The number of hydrogen-bond acceptors (Lipinski definition) is 5. The third-order valence-electron chi connectivity index (χ3n) is 3.55. The number of tetrazole rings is 1. The maximum Gasteiger partial charge on any atom is 0.245 e. The van der Waals surface area contributed by atoms with E-state index in [1.807, 2.05) is 30.3 Å². The van der Waals surface area contributed by atoms with Crippen molar-refractivity contribution >= 4 is 18.3 Å². The van der Waals surface area contributed by atoms with Crippen molar-refractivity contribution in [1.82, 2.24) is 30.8 Å². The number of nitrogens with zero attached hydrogens (tertiary/aromatic N) is 4. The van der Waals surface area contributed by atoms with E-state index in [2.05, 4.69) is 33.1 Å². The predicted molar refractivity (Wildman–Crippen MR) is 95.2 cm³/mol. The minimum absolute atomic E-state index is 0. The topological polar surface area (TPSA) is 84.7 Å². The molecule has 2 rings (SSSR count). The Balaban J connectivity index is 0.00000288. The fourth-order valence-electron chi connectivity index (χ4n) is 2.35. The highest BCUT2D eigenvalue weighted by molar-refractivity contribution is 5.85. The van der Waals surface area contributed by atoms with Gasteiger partial charge in [-0.25, -0.2) is 4.68 Å². The summed E-state index contributed by atoms with van der Waals surface area (Å²) in [6.07, 6.45) is 1.63. The Kier molecular flexibility index (Phi) is 8.96. The number of rotatable bonds is 9. The normalized spacial score (nSPS) is 11.6. The van der Waals surface area contributed by atoms with E-state index in [0.717, 1.165) is 25.1 Å². The van der Waals surface area contributed by atoms with Gasteiger partial charge in [-0.05, 0) is 35.9 Å². The lowest BCUT2D eigenvalue weighted by Gasteiger charge is -2.17. The van der Waals surface area contributed by atoms with Crippen molar-refractivity contribution in [2.75, 3.05) is 19.6 Å². The molecule has 0 aliphatic carbocycles. The Morgan fingerprint density at radius 2 is 1.96 bits per heavy atom. The summed E-state index contributed by atoms with van der Waals surface area (Å²) in [7, 11) is 0. The molecule has 0 saturated heterocycles. The van der Waals surface area contributed by atoms with Crippen LogP contribution in [0.2, 0.25) is 0 Å². The van der Waals surface area contributed by atoms with Crippen LogP contribution in [0, 0.1) is 6.92 Å². The summed E-state index contributed by atoms with van der Waals surface area (Å²) < 4.78 is 1.59. The summed E-state index contributed by atoms with van der Waals surface area (Å²) in [6, 6.07) is 9.45. The van der Waals surface area contributed by atoms with Crippen LogP contribution in [0.15, 0.2) is 30.3 Å². The molecule has 0 aliphatic rings. The van der Waals surface area contributed by atoms with Gasteiger partial charge in [0.1, 0.15) is 11.9 Å². The molecule has 0 radical (unpaired) electrons. The SMILES string of the molecule is CCCNCCNC(=O)C(Cc1ccccc1)n1nnnc1C.Cl. The van der Waals surface area contributed by atoms with E-state index < -0.39 is 6.04 Å². The molecule has 132 valence electrons. The number of nitrogens with one attached hydrogen (secondary N) is 2. The maximum atomic E-state index is 12.6. The molecule has 1 heterocycles. The van der Waals surface area contributed by atoms with Gasteiger partial charge in [0.25, 0.3) is 0 Å². The molecule has 1 amide bonds. The van der Waals surface area contributed by atoms with Crippen molar-refractivity contribution < 1.29 is 4.79 Å². The first-order valence-corrected chi connectivity index (χ1v) is 7.99. The molecule has 8 heteroatoms. The van der Waals surface area contributed by atoms with Gasteiger partial charge in [0.2, 0.25) is 5.91 Å². The van der Waals surface area contributed by atoms with Crippen LogP contribution in [0.5, 0.6) is 0 Å². The third kappa shape index (κ3) is 5.90. The highest BCUT2D eigenvalue weighted by atomic mass is 35.5. The molecule has 0 aliphatic heterocycles. The van der Waals surface area contributed by atoms with Crippen LogP contribution in [-0.4, -0.2) is 45.7 Å². The van der Waals surface area contributed by atoms with Crippen LogP contribution in [0.3, 0.4) is 0 Å². The van der Waals surface area contributed by atoms with Gasteiger partial charge in [-0.1, -0.05) is 37.3 Å². The standard InChI is InChI=1S/C16H24N6O.ClH/c1-3-9-17-10-11-18-16(23)15(22-13(2)19-20-21-22)12-14-7-5-4-6-8-14;/h4-8,15,17H,3,9-12H2,1-2H3,(H,18,23);1H. The van der Waals surface area contributed by atoms with Crippen LogP contribution >= 0.6 is 12.4 Å². The van der Waals surface area contributed by atoms with Crippen LogP contribution in [0.25, 0.3) is 0 Å². The molecular weight excluding hydrogens is 328 g/mol. The van der Waals surface area contributed by atoms with Crippen LogP contribution < -0.4 is 10.6 Å². The minimum atomic E-state index is -0.446. The van der Waals surface area contributed by atoms with Crippen molar-refractivity contribution in [2.24, 2.45) is 0 Å². The molecule has 0 fully saturated rings. The third-order valence-corrected chi connectivity index (χ3v) is 3.55. The number of carbonyl (C=O) groups excluding carboxylic acids is 1. The van der Waals surface area contributed by atoms with Crippen molar-refractivity contribution in [3.63, 3.8) is 0 Å². The van der Waals surface area contributed by atoms with E-state index in [-0.39, 0.29) is 18.3 Å². The average Bonchev–Trinajstić information content (AvgIpc) is 2.99. The first-order valence-electron chi connectivity index (χ1n) is 7.99. The Bertz CT molecular complexity index is 604. The Morgan fingerprint density at radius 1 is 1.21 bits per heavy atom. The Morgan fingerprint density at radius 3 is 2.58 bits per heavy atom. The first kappa shape index (κ1) is 20.1. The first-order chi connectivity index (χ1) is 11.2. The van der Waals surface area contributed by atoms with Gasteiger partial charge in [0, 0.05) is 19.5 Å². The minimum Gasteiger partial charge on any atom is -0.353 e. The van der Waals surface area contributed by atoms with Gasteiger partial charge >= 0.3 is 0 Å². The van der Waals surface area contributed by atoms with Gasteiger partial charge in [-0.2, -0.15) is 0 Å². The fraction of sp³-hybridized carbons (Fsp3) is 0.500. The monoisotopic (exact) mass is 352 g/mol. The number of aryl methyl sites for hydroxylation is 1. The molecule has 0 spiro atoms. The lowest BCUT2D eigenvalue weighted by molar-refractivity contribution is -0.124. The van der Waals surface area contributed by atoms with Crippen molar-refractivity contribution in [3.05, 3.63) is 41.7 Å². The van der Waals surface area contributed by atoms with E-state index in [0.29, 0.717) is 18.8 Å². The quantitative estimate of drug-likeness (QED) is 0.664. The van der Waals surface area contributed by atoms with E-state index in [1.54, 1.807) is 11.6 Å². The number of halogens is 1. The van der Waals surface area contributed by atoms with Crippen LogP contribution in [0.1, 0.15) is 30.8 Å². The number of amides is 1. The highest BCUT2D eigenvalue weighted by Gasteiger charge is 2.23. The molecule has 1 aromatic heterocycles. The van der Waals surface area contributed by atoms with Gasteiger partial charge in [-0.3, -0.25) is 4.79 Å². The molecule has 1 atom stereocenters. The van der Waals surface area contributed by atoms with Crippen molar-refractivity contribution in [3.8, 4) is 0 Å². The zero-order chi connectivity index (χ0) is 16.5. The van der Waals surface area contributed by atoms with Crippen LogP contribution in [0.4, 0.5) is 0 Å². The zero-order valence-electron chi connectivity index (χ0n) is 14.1. The van der Waals surface area contributed by atoms with Gasteiger partial charge in [0.15, 0.2) is 0 Å². The van der Waals surface area contributed by atoms with E-state index >= 15 is 0 Å². The maximum absolute atomic E-state index is 12.6. The average molecular weight is 353 g/mol. The molecule has 2 N–H and O–H groups in total. The second kappa shape index (κ2) is 10.7. The second-order valence-electron chi connectivity index (χ2n) is 5.42. The van der Waals surface area contributed by atoms with Gasteiger partial charge in [-0.15, -0.1) is 17.5 Å². The lowest BCUT2D eigenvalue weighted by Crippen LogP contribution is -2.38. The molecule has 7 nitrogen and oxygen atoms in total. The molecule has 24 heavy (non-hydrogen) atoms.